The van der Waals surface area contributed by atoms with Crippen molar-refractivity contribution in [1.29, 1.82) is 0 Å². The van der Waals surface area contributed by atoms with Crippen LogP contribution in [-0.4, -0.2) is 20.2 Å². The van der Waals surface area contributed by atoms with Crippen LogP contribution in [0.4, 0.5) is 0 Å². The maximum Gasteiger partial charge on any atom is 0.165 e. The van der Waals surface area contributed by atoms with Crippen LogP contribution in [-0.2, 0) is 6.42 Å². The van der Waals surface area contributed by atoms with E-state index in [1.807, 2.05) is 41.1 Å². The molecule has 0 atom stereocenters. The highest BCUT2D eigenvalue weighted by Gasteiger charge is 2.31. The smallest absolute Gasteiger partial charge is 0.165 e. The lowest BCUT2D eigenvalue weighted by molar-refractivity contribution is 0.0910. The summed E-state index contributed by atoms with van der Waals surface area (Å²) in [5.41, 5.74) is 3.90. The number of Topliss-reactive ketones (excluding diaryl/α,β-unsaturated/α-hetero) is 1. The Hall–Kier alpha value is -2.93. The van der Waals surface area contributed by atoms with E-state index in [4.69, 9.17) is 0 Å². The number of rotatable bonds is 0. The van der Waals surface area contributed by atoms with Gasteiger partial charge in [0.05, 0.1) is 5.69 Å². The standard InChI is InChI=1S/C20H17N3O/c1-20(2)10-17-16(18(24)11-20)9-14(12-21-17)6-7-15-13-23-8-4-3-5-19(23)22-15/h3-5,8-9,12-13H,10-11H2,1-2H3. The molecule has 4 rings (SSSR count). The molecular weight excluding hydrogens is 298 g/mol. The molecule has 0 radical (unpaired) electrons. The van der Waals surface area contributed by atoms with Crippen molar-refractivity contribution in [1.82, 2.24) is 14.4 Å². The van der Waals surface area contributed by atoms with Crippen LogP contribution in [0, 0.1) is 17.3 Å². The van der Waals surface area contributed by atoms with E-state index in [-0.39, 0.29) is 11.2 Å². The van der Waals surface area contributed by atoms with Crippen molar-refractivity contribution >= 4 is 11.4 Å². The molecule has 0 bridgehead atoms. The van der Waals surface area contributed by atoms with Gasteiger partial charge in [-0.1, -0.05) is 25.8 Å². The van der Waals surface area contributed by atoms with E-state index in [0.29, 0.717) is 12.1 Å². The summed E-state index contributed by atoms with van der Waals surface area (Å²) in [6, 6.07) is 7.70. The van der Waals surface area contributed by atoms with Gasteiger partial charge >= 0.3 is 0 Å². The van der Waals surface area contributed by atoms with Crippen molar-refractivity contribution in [2.24, 2.45) is 5.41 Å². The lowest BCUT2D eigenvalue weighted by atomic mass is 9.75. The zero-order chi connectivity index (χ0) is 16.7. The number of pyridine rings is 2. The molecule has 1 aliphatic carbocycles. The number of aromatic nitrogens is 3. The molecule has 0 fully saturated rings. The van der Waals surface area contributed by atoms with Crippen LogP contribution in [0.5, 0.6) is 0 Å². The first kappa shape index (κ1) is 14.6. The second kappa shape index (κ2) is 5.31. The minimum atomic E-state index is -0.0131. The molecule has 4 nitrogen and oxygen atoms in total. The first-order valence-corrected chi connectivity index (χ1v) is 7.98. The van der Waals surface area contributed by atoms with Gasteiger partial charge in [-0.05, 0) is 36.0 Å². The third-order valence-electron chi connectivity index (χ3n) is 4.25. The van der Waals surface area contributed by atoms with E-state index in [1.165, 1.54) is 0 Å². The maximum absolute atomic E-state index is 12.3. The van der Waals surface area contributed by atoms with Gasteiger partial charge < -0.3 is 4.40 Å². The van der Waals surface area contributed by atoms with Crippen LogP contribution in [0.3, 0.4) is 0 Å². The van der Waals surface area contributed by atoms with Gasteiger partial charge in [-0.25, -0.2) is 4.98 Å². The molecule has 3 aromatic rings. The monoisotopic (exact) mass is 315 g/mol. The van der Waals surface area contributed by atoms with E-state index in [2.05, 4.69) is 35.7 Å². The quantitative estimate of drug-likeness (QED) is 0.598. The molecule has 0 saturated heterocycles. The molecule has 3 heterocycles. The topological polar surface area (TPSA) is 47.3 Å². The third-order valence-corrected chi connectivity index (χ3v) is 4.25. The molecule has 0 saturated carbocycles. The number of fused-ring (bicyclic) bond motifs is 2. The fraction of sp³-hybridized carbons (Fsp3) is 0.250. The van der Waals surface area contributed by atoms with E-state index < -0.39 is 0 Å². The highest BCUT2D eigenvalue weighted by atomic mass is 16.1. The summed E-state index contributed by atoms with van der Waals surface area (Å²) in [7, 11) is 0. The van der Waals surface area contributed by atoms with E-state index in [0.717, 1.165) is 28.9 Å². The average molecular weight is 315 g/mol. The Kier molecular flexibility index (Phi) is 3.24. The van der Waals surface area contributed by atoms with Crippen LogP contribution >= 0.6 is 0 Å². The first-order chi connectivity index (χ1) is 11.5. The molecule has 3 aromatic heterocycles. The van der Waals surface area contributed by atoms with Crippen LogP contribution in [0.15, 0.2) is 42.9 Å². The van der Waals surface area contributed by atoms with E-state index >= 15 is 0 Å². The molecule has 0 aromatic carbocycles. The summed E-state index contributed by atoms with van der Waals surface area (Å²) in [6.45, 7) is 4.21. The fourth-order valence-electron chi connectivity index (χ4n) is 3.12. The van der Waals surface area contributed by atoms with Gasteiger partial charge in [-0.15, -0.1) is 0 Å². The van der Waals surface area contributed by atoms with Gasteiger partial charge in [-0.3, -0.25) is 9.78 Å². The number of carbonyl (C=O) groups excluding carboxylic acids is 1. The summed E-state index contributed by atoms with van der Waals surface area (Å²) in [4.78, 5) is 21.3. The molecule has 0 amide bonds. The second-order valence-corrected chi connectivity index (χ2v) is 7.00. The van der Waals surface area contributed by atoms with Crippen LogP contribution in [0.25, 0.3) is 5.65 Å². The van der Waals surface area contributed by atoms with Crippen molar-refractivity contribution < 1.29 is 4.79 Å². The zero-order valence-corrected chi connectivity index (χ0v) is 13.7. The van der Waals surface area contributed by atoms with E-state index in [9.17, 15) is 4.79 Å². The van der Waals surface area contributed by atoms with Crippen molar-refractivity contribution in [2.75, 3.05) is 0 Å². The Bertz CT molecular complexity index is 985. The van der Waals surface area contributed by atoms with Crippen molar-refractivity contribution in [3.05, 3.63) is 65.4 Å². The number of hydrogen-bond donors (Lipinski definition) is 0. The Balaban J connectivity index is 1.67. The van der Waals surface area contributed by atoms with Gasteiger partial charge in [-0.2, -0.15) is 0 Å². The maximum atomic E-state index is 12.3. The lowest BCUT2D eigenvalue weighted by Crippen LogP contribution is -2.27. The number of ketones is 1. The minimum Gasteiger partial charge on any atom is -0.306 e. The summed E-state index contributed by atoms with van der Waals surface area (Å²) in [5, 5.41) is 0. The predicted octanol–water partition coefficient (Wildman–Crippen LogP) is 3.28. The molecule has 118 valence electrons. The molecule has 1 aliphatic rings. The van der Waals surface area contributed by atoms with Gasteiger partial charge in [0.2, 0.25) is 0 Å². The SMILES string of the molecule is CC1(C)CC(=O)c2cc(C#Cc3cn4ccccc4n3)cnc2C1. The fourth-order valence-corrected chi connectivity index (χ4v) is 3.12. The molecule has 24 heavy (non-hydrogen) atoms. The number of imidazole rings is 1. The predicted molar refractivity (Wildman–Crippen MR) is 91.8 cm³/mol. The van der Waals surface area contributed by atoms with Crippen LogP contribution < -0.4 is 0 Å². The lowest BCUT2D eigenvalue weighted by Gasteiger charge is -2.29. The summed E-state index contributed by atoms with van der Waals surface area (Å²) >= 11 is 0. The van der Waals surface area contributed by atoms with E-state index in [1.54, 1.807) is 6.20 Å². The Morgan fingerprint density at radius 3 is 2.92 bits per heavy atom. The van der Waals surface area contributed by atoms with Crippen molar-refractivity contribution in [3.63, 3.8) is 0 Å². The van der Waals surface area contributed by atoms with Crippen LogP contribution in [0.2, 0.25) is 0 Å². The summed E-state index contributed by atoms with van der Waals surface area (Å²) < 4.78 is 1.93. The zero-order valence-electron chi connectivity index (χ0n) is 13.7. The van der Waals surface area contributed by atoms with Crippen molar-refractivity contribution in [2.45, 2.75) is 26.7 Å². The Labute approximate surface area is 140 Å². The second-order valence-electron chi connectivity index (χ2n) is 7.00. The Morgan fingerprint density at radius 1 is 1.21 bits per heavy atom. The summed E-state index contributed by atoms with van der Waals surface area (Å²) in [5.74, 6) is 6.29. The number of carbonyl (C=O) groups is 1. The normalized spacial score (nSPS) is 15.7. The van der Waals surface area contributed by atoms with Crippen LogP contribution in [0.1, 0.15) is 47.6 Å². The highest BCUT2D eigenvalue weighted by molar-refractivity contribution is 5.98. The number of hydrogen-bond acceptors (Lipinski definition) is 3. The van der Waals surface area contributed by atoms with Gasteiger partial charge in [0.15, 0.2) is 5.78 Å². The molecule has 0 unspecified atom stereocenters. The molecule has 0 aliphatic heterocycles. The molecule has 4 heteroatoms. The third kappa shape index (κ3) is 2.69. The largest absolute Gasteiger partial charge is 0.306 e. The Morgan fingerprint density at radius 2 is 2.08 bits per heavy atom. The average Bonchev–Trinajstić information content (AvgIpc) is 2.95. The minimum absolute atomic E-state index is 0.0131. The van der Waals surface area contributed by atoms with Crippen molar-refractivity contribution in [3.8, 4) is 11.8 Å². The molecule has 0 spiro atoms. The highest BCUT2D eigenvalue weighted by Crippen LogP contribution is 2.33. The molecular formula is C20H17N3O. The van der Waals surface area contributed by atoms with Gasteiger partial charge in [0.25, 0.3) is 0 Å². The molecule has 0 N–H and O–H groups in total. The van der Waals surface area contributed by atoms with Gasteiger partial charge in [0, 0.05) is 36.1 Å². The van der Waals surface area contributed by atoms with Gasteiger partial charge in [0.1, 0.15) is 11.3 Å². The summed E-state index contributed by atoms with van der Waals surface area (Å²) in [6.07, 6.45) is 6.96. The first-order valence-electron chi connectivity index (χ1n) is 7.98. The number of nitrogens with zero attached hydrogens (tertiary/aromatic N) is 3.